The lowest BCUT2D eigenvalue weighted by molar-refractivity contribution is 0.345. The van der Waals surface area contributed by atoms with Crippen molar-refractivity contribution in [2.75, 3.05) is 13.1 Å². The van der Waals surface area contributed by atoms with Crippen LogP contribution in [0.25, 0.3) is 22.0 Å². The van der Waals surface area contributed by atoms with Crippen molar-refractivity contribution in [3.63, 3.8) is 0 Å². The lowest BCUT2D eigenvalue weighted by Crippen LogP contribution is -2.29. The molecule has 1 aliphatic rings. The molecule has 1 aromatic carbocycles. The second kappa shape index (κ2) is 6.32. The van der Waals surface area contributed by atoms with E-state index in [1.165, 1.54) is 4.57 Å². The normalized spacial score (nSPS) is 15.8. The summed E-state index contributed by atoms with van der Waals surface area (Å²) in [5, 5.41) is 9.78. The van der Waals surface area contributed by atoms with Crippen LogP contribution < -0.4 is 10.9 Å². The van der Waals surface area contributed by atoms with E-state index in [0.717, 1.165) is 53.5 Å². The molecule has 0 unspecified atom stereocenters. The third-order valence-corrected chi connectivity index (χ3v) is 5.51. The van der Waals surface area contributed by atoms with Crippen molar-refractivity contribution in [2.24, 2.45) is 7.05 Å². The number of pyridine rings is 1. The maximum Gasteiger partial charge on any atom is 0.251 e. The molecule has 0 aliphatic carbocycles. The molecule has 0 saturated carbocycles. The van der Waals surface area contributed by atoms with Crippen LogP contribution in [0, 0.1) is 6.92 Å². The van der Waals surface area contributed by atoms with Crippen LogP contribution in [-0.4, -0.2) is 27.4 Å². The Labute approximate surface area is 151 Å². The molecule has 1 aliphatic heterocycles. The molecule has 1 N–H and O–H groups in total. The highest BCUT2D eigenvalue weighted by Gasteiger charge is 2.18. The molecule has 4 rings (SSSR count). The van der Waals surface area contributed by atoms with E-state index in [9.17, 15) is 4.79 Å². The first-order valence-corrected chi connectivity index (χ1v) is 8.98. The zero-order valence-electron chi connectivity index (χ0n) is 14.4. The summed E-state index contributed by atoms with van der Waals surface area (Å²) in [7, 11) is 1.69. The number of hydrogen-bond donors (Lipinski definition) is 1. The van der Waals surface area contributed by atoms with E-state index in [4.69, 9.17) is 16.7 Å². The fourth-order valence-electron chi connectivity index (χ4n) is 3.57. The average Bonchev–Trinajstić information content (AvgIpc) is 3.05. The van der Waals surface area contributed by atoms with Crippen LogP contribution in [-0.2, 0) is 7.05 Å². The van der Waals surface area contributed by atoms with Gasteiger partial charge in [-0.25, -0.2) is 0 Å². The molecule has 3 aromatic rings. The van der Waals surface area contributed by atoms with Gasteiger partial charge in [0.15, 0.2) is 0 Å². The molecule has 5 nitrogen and oxygen atoms in total. The molecular weight excluding hydrogens is 336 g/mol. The Hall–Kier alpha value is -2.11. The second-order valence-electron chi connectivity index (χ2n) is 6.76. The Kier molecular flexibility index (Phi) is 4.13. The highest BCUT2D eigenvalue weighted by atomic mass is 35.5. The monoisotopic (exact) mass is 356 g/mol. The average molecular weight is 357 g/mol. The number of aryl methyl sites for hydroxylation is 1. The highest BCUT2D eigenvalue weighted by molar-refractivity contribution is 6.32. The van der Waals surface area contributed by atoms with Crippen LogP contribution in [0.3, 0.4) is 0 Å². The number of hydrogen-bond acceptors (Lipinski definition) is 3. The minimum absolute atomic E-state index is 0.106. The van der Waals surface area contributed by atoms with E-state index in [1.807, 2.05) is 0 Å². The summed E-state index contributed by atoms with van der Waals surface area (Å²) in [6.07, 6.45) is 4.34. The summed E-state index contributed by atoms with van der Waals surface area (Å²) in [5.41, 5.74) is 3.91. The van der Waals surface area contributed by atoms with E-state index in [0.29, 0.717) is 11.2 Å². The van der Waals surface area contributed by atoms with Gasteiger partial charge in [0, 0.05) is 30.3 Å². The van der Waals surface area contributed by atoms with Gasteiger partial charge < -0.3 is 9.88 Å². The van der Waals surface area contributed by atoms with Crippen molar-refractivity contribution in [1.82, 2.24) is 19.7 Å². The van der Waals surface area contributed by atoms with Crippen molar-refractivity contribution in [3.8, 4) is 11.1 Å². The molecule has 0 atom stereocenters. The molecule has 0 spiro atoms. The first kappa shape index (κ1) is 16.4. The minimum Gasteiger partial charge on any atom is -0.317 e. The predicted octanol–water partition coefficient (Wildman–Crippen LogP) is 3.29. The van der Waals surface area contributed by atoms with Crippen LogP contribution in [0.5, 0.6) is 0 Å². The summed E-state index contributed by atoms with van der Waals surface area (Å²) in [4.78, 5) is 11.7. The number of aromatic nitrogens is 3. The largest absolute Gasteiger partial charge is 0.317 e. The number of piperidine rings is 1. The van der Waals surface area contributed by atoms with E-state index in [2.05, 4.69) is 35.3 Å². The topological polar surface area (TPSA) is 51.9 Å². The van der Waals surface area contributed by atoms with Crippen LogP contribution in [0.1, 0.15) is 24.4 Å². The maximum absolute atomic E-state index is 11.7. The quantitative estimate of drug-likeness (QED) is 0.717. The molecule has 6 heteroatoms. The molecule has 2 aromatic heterocycles. The standard InChI is InChI=1S/C19H21ClN4O/c1-12-9-13(16-3-4-17(25)23(2)19(16)20)10-14-11-24(22-18(12)14)15-5-7-21-8-6-15/h3-4,9-11,15,21H,5-8H2,1-2H3. The minimum atomic E-state index is -0.106. The first-order valence-electron chi connectivity index (χ1n) is 8.61. The van der Waals surface area contributed by atoms with Crippen molar-refractivity contribution < 1.29 is 0 Å². The Balaban J connectivity index is 1.82. The van der Waals surface area contributed by atoms with Gasteiger partial charge in [0.2, 0.25) is 0 Å². The van der Waals surface area contributed by atoms with Crippen LogP contribution in [0.2, 0.25) is 5.15 Å². The zero-order chi connectivity index (χ0) is 17.6. The van der Waals surface area contributed by atoms with Gasteiger partial charge in [-0.3, -0.25) is 9.48 Å². The number of nitrogens with zero attached hydrogens (tertiary/aromatic N) is 3. The Morgan fingerprint density at radius 2 is 2.00 bits per heavy atom. The van der Waals surface area contributed by atoms with Crippen LogP contribution in [0.4, 0.5) is 0 Å². The smallest absolute Gasteiger partial charge is 0.251 e. The Bertz CT molecular complexity index is 999. The molecule has 1 fully saturated rings. The molecular formula is C19H21ClN4O. The summed E-state index contributed by atoms with van der Waals surface area (Å²) >= 11 is 6.40. The van der Waals surface area contributed by atoms with Crippen molar-refractivity contribution in [1.29, 1.82) is 0 Å². The van der Waals surface area contributed by atoms with E-state index >= 15 is 0 Å². The van der Waals surface area contributed by atoms with Crippen molar-refractivity contribution >= 4 is 22.5 Å². The molecule has 0 bridgehead atoms. The van der Waals surface area contributed by atoms with Gasteiger partial charge in [-0.1, -0.05) is 11.6 Å². The SMILES string of the molecule is Cc1cc(-c2ccc(=O)n(C)c2Cl)cc2cn(C3CCNCC3)nc12. The van der Waals surface area contributed by atoms with Crippen LogP contribution in [0.15, 0.2) is 35.3 Å². The van der Waals surface area contributed by atoms with E-state index < -0.39 is 0 Å². The zero-order valence-corrected chi connectivity index (χ0v) is 15.2. The summed E-state index contributed by atoms with van der Waals surface area (Å²) in [5.74, 6) is 0. The van der Waals surface area contributed by atoms with Gasteiger partial charge in [-0.15, -0.1) is 0 Å². The van der Waals surface area contributed by atoms with Gasteiger partial charge in [-0.05, 0) is 62.2 Å². The summed E-state index contributed by atoms with van der Waals surface area (Å²) in [6.45, 7) is 4.15. The summed E-state index contributed by atoms with van der Waals surface area (Å²) in [6, 6.07) is 8.01. The number of benzene rings is 1. The number of nitrogens with one attached hydrogen (secondary N) is 1. The third kappa shape index (κ3) is 2.87. The fourth-order valence-corrected chi connectivity index (χ4v) is 3.83. The molecule has 1 saturated heterocycles. The van der Waals surface area contributed by atoms with Gasteiger partial charge in [-0.2, -0.15) is 5.10 Å². The third-order valence-electron chi connectivity index (χ3n) is 5.05. The lowest BCUT2D eigenvalue weighted by Gasteiger charge is -2.22. The van der Waals surface area contributed by atoms with Gasteiger partial charge in [0.25, 0.3) is 5.56 Å². The second-order valence-corrected chi connectivity index (χ2v) is 7.11. The first-order chi connectivity index (χ1) is 12.0. The number of halogens is 1. The van der Waals surface area contributed by atoms with Crippen molar-refractivity contribution in [2.45, 2.75) is 25.8 Å². The van der Waals surface area contributed by atoms with Gasteiger partial charge in [0.05, 0.1) is 11.6 Å². The molecule has 25 heavy (non-hydrogen) atoms. The summed E-state index contributed by atoms with van der Waals surface area (Å²) < 4.78 is 3.58. The van der Waals surface area contributed by atoms with Gasteiger partial charge >= 0.3 is 0 Å². The van der Waals surface area contributed by atoms with Crippen LogP contribution >= 0.6 is 11.6 Å². The highest BCUT2D eigenvalue weighted by Crippen LogP contribution is 2.31. The van der Waals surface area contributed by atoms with Crippen molar-refractivity contribution in [3.05, 3.63) is 51.5 Å². The number of fused-ring (bicyclic) bond motifs is 1. The predicted molar refractivity (Wildman–Crippen MR) is 101 cm³/mol. The maximum atomic E-state index is 11.7. The number of rotatable bonds is 2. The molecule has 130 valence electrons. The molecule has 0 radical (unpaired) electrons. The van der Waals surface area contributed by atoms with Gasteiger partial charge in [0.1, 0.15) is 5.15 Å². The Morgan fingerprint density at radius 3 is 2.76 bits per heavy atom. The fraction of sp³-hybridized carbons (Fsp3) is 0.368. The van der Waals surface area contributed by atoms with E-state index in [-0.39, 0.29) is 5.56 Å². The lowest BCUT2D eigenvalue weighted by atomic mass is 10.0. The Morgan fingerprint density at radius 1 is 1.24 bits per heavy atom. The molecule has 3 heterocycles. The molecule has 0 amide bonds. The van der Waals surface area contributed by atoms with E-state index in [1.54, 1.807) is 19.2 Å².